The zero-order chi connectivity index (χ0) is 22.6. The summed E-state index contributed by atoms with van der Waals surface area (Å²) >= 11 is 1.61. The number of hydrogen-bond donors (Lipinski definition) is 1. The number of nitrogens with one attached hydrogen (secondary N) is 1. The van der Waals surface area contributed by atoms with E-state index in [1.165, 1.54) is 4.31 Å². The van der Waals surface area contributed by atoms with Crippen LogP contribution in [0.5, 0.6) is 0 Å². The molecule has 2 heterocycles. The second-order valence-electron chi connectivity index (χ2n) is 7.89. The lowest BCUT2D eigenvalue weighted by atomic mass is 10.2. The average molecular weight is 477 g/mol. The molecule has 4 rings (SSSR count). The topological polar surface area (TPSA) is 84.9 Å². The average Bonchev–Trinajstić information content (AvgIpc) is 3.33. The van der Waals surface area contributed by atoms with E-state index in [1.807, 2.05) is 18.2 Å². The molecular formula is C23H28N2O5S2. The van der Waals surface area contributed by atoms with Gasteiger partial charge in [-0.1, -0.05) is 18.2 Å². The molecule has 0 radical (unpaired) electrons. The second kappa shape index (κ2) is 10.4. The number of carbonyl (C=O) groups excluding carboxylic acids is 1. The van der Waals surface area contributed by atoms with Crippen molar-refractivity contribution in [2.45, 2.75) is 35.7 Å². The summed E-state index contributed by atoms with van der Waals surface area (Å²) in [6, 6.07) is 12.4. The quantitative estimate of drug-likeness (QED) is 0.616. The van der Waals surface area contributed by atoms with Crippen LogP contribution >= 0.6 is 11.8 Å². The number of nitrogens with zero attached hydrogens (tertiary/aromatic N) is 1. The van der Waals surface area contributed by atoms with Gasteiger partial charge >= 0.3 is 0 Å². The van der Waals surface area contributed by atoms with Gasteiger partial charge in [0.05, 0.1) is 29.8 Å². The molecule has 2 aliphatic rings. The molecule has 1 amide bonds. The highest BCUT2D eigenvalue weighted by Gasteiger charge is 2.28. The van der Waals surface area contributed by atoms with Gasteiger partial charge in [0.2, 0.25) is 10.0 Å². The van der Waals surface area contributed by atoms with E-state index in [9.17, 15) is 13.2 Å². The molecule has 2 saturated heterocycles. The van der Waals surface area contributed by atoms with Crippen LogP contribution in [0, 0.1) is 6.92 Å². The highest BCUT2D eigenvalue weighted by atomic mass is 32.2. The van der Waals surface area contributed by atoms with Gasteiger partial charge in [0, 0.05) is 36.0 Å². The SMILES string of the molecule is Cc1ccc(NC(=O)c2ccccc2SC[C@@H]2CCCO2)cc1S(=O)(=O)N1CCOCC1. The van der Waals surface area contributed by atoms with Crippen LogP contribution in [-0.4, -0.2) is 63.4 Å². The summed E-state index contributed by atoms with van der Waals surface area (Å²) in [6.45, 7) is 3.98. The third-order valence-electron chi connectivity index (χ3n) is 5.61. The number of rotatable bonds is 7. The van der Waals surface area contributed by atoms with Gasteiger partial charge < -0.3 is 14.8 Å². The van der Waals surface area contributed by atoms with Crippen LogP contribution in [0.3, 0.4) is 0 Å². The molecular weight excluding hydrogens is 448 g/mol. The van der Waals surface area contributed by atoms with Crippen molar-refractivity contribution in [2.75, 3.05) is 44.0 Å². The van der Waals surface area contributed by atoms with Crippen molar-refractivity contribution in [1.82, 2.24) is 4.31 Å². The van der Waals surface area contributed by atoms with Crippen molar-refractivity contribution < 1.29 is 22.7 Å². The molecule has 0 saturated carbocycles. The van der Waals surface area contributed by atoms with E-state index in [0.29, 0.717) is 43.1 Å². The van der Waals surface area contributed by atoms with E-state index in [4.69, 9.17) is 9.47 Å². The van der Waals surface area contributed by atoms with E-state index in [-0.39, 0.29) is 16.9 Å². The largest absolute Gasteiger partial charge is 0.379 e. The van der Waals surface area contributed by atoms with Crippen molar-refractivity contribution in [3.05, 3.63) is 53.6 Å². The minimum atomic E-state index is -3.66. The molecule has 172 valence electrons. The zero-order valence-corrected chi connectivity index (χ0v) is 19.7. The monoisotopic (exact) mass is 476 g/mol. The Morgan fingerprint density at radius 2 is 1.94 bits per heavy atom. The summed E-state index contributed by atoms with van der Waals surface area (Å²) in [4.78, 5) is 14.1. The molecule has 7 nitrogen and oxygen atoms in total. The molecule has 32 heavy (non-hydrogen) atoms. The Balaban J connectivity index is 1.51. The summed E-state index contributed by atoms with van der Waals surface area (Å²) in [5, 5.41) is 2.88. The number of aryl methyl sites for hydroxylation is 1. The predicted molar refractivity (Wildman–Crippen MR) is 125 cm³/mol. The van der Waals surface area contributed by atoms with Crippen LogP contribution in [0.15, 0.2) is 52.3 Å². The van der Waals surface area contributed by atoms with Crippen LogP contribution in [0.1, 0.15) is 28.8 Å². The summed E-state index contributed by atoms with van der Waals surface area (Å²) < 4.78 is 38.6. The molecule has 0 aromatic heterocycles. The van der Waals surface area contributed by atoms with Crippen molar-refractivity contribution in [2.24, 2.45) is 0 Å². The molecule has 2 aliphatic heterocycles. The van der Waals surface area contributed by atoms with Crippen LogP contribution in [0.25, 0.3) is 0 Å². The maximum absolute atomic E-state index is 13.1. The molecule has 2 aromatic carbocycles. The van der Waals surface area contributed by atoms with Crippen LogP contribution < -0.4 is 5.32 Å². The highest BCUT2D eigenvalue weighted by Crippen LogP contribution is 2.28. The van der Waals surface area contributed by atoms with Crippen molar-refractivity contribution in [3.8, 4) is 0 Å². The van der Waals surface area contributed by atoms with Crippen LogP contribution in [0.4, 0.5) is 5.69 Å². The van der Waals surface area contributed by atoms with Gasteiger partial charge in [-0.3, -0.25) is 4.79 Å². The molecule has 0 aliphatic carbocycles. The maximum atomic E-state index is 13.1. The molecule has 2 aromatic rings. The molecule has 0 bridgehead atoms. The fraction of sp³-hybridized carbons (Fsp3) is 0.435. The molecule has 0 spiro atoms. The number of amides is 1. The second-order valence-corrected chi connectivity index (χ2v) is 10.9. The normalized spacial score (nSPS) is 19.7. The van der Waals surface area contributed by atoms with Gasteiger partial charge in [-0.05, 0) is 49.6 Å². The lowest BCUT2D eigenvalue weighted by Gasteiger charge is -2.26. The first-order chi connectivity index (χ1) is 15.4. The summed E-state index contributed by atoms with van der Waals surface area (Å²) in [5.41, 5.74) is 1.65. The number of carbonyl (C=O) groups is 1. The number of benzene rings is 2. The van der Waals surface area contributed by atoms with Gasteiger partial charge in [-0.25, -0.2) is 8.42 Å². The first-order valence-electron chi connectivity index (χ1n) is 10.8. The number of hydrogen-bond acceptors (Lipinski definition) is 6. The summed E-state index contributed by atoms with van der Waals surface area (Å²) in [6.07, 6.45) is 2.35. The van der Waals surface area contributed by atoms with Gasteiger partial charge in [-0.2, -0.15) is 4.31 Å². The lowest BCUT2D eigenvalue weighted by Crippen LogP contribution is -2.40. The molecule has 9 heteroatoms. The van der Waals surface area contributed by atoms with Crippen molar-refractivity contribution in [1.29, 1.82) is 0 Å². The van der Waals surface area contributed by atoms with E-state index in [1.54, 1.807) is 43.0 Å². The van der Waals surface area contributed by atoms with Gasteiger partial charge in [0.1, 0.15) is 0 Å². The Bertz CT molecular complexity index is 1060. The van der Waals surface area contributed by atoms with Crippen molar-refractivity contribution >= 4 is 33.4 Å². The minimum absolute atomic E-state index is 0.207. The fourth-order valence-electron chi connectivity index (χ4n) is 3.82. The number of morpholine rings is 1. The Kier molecular flexibility index (Phi) is 7.52. The number of sulfonamides is 1. The fourth-order valence-corrected chi connectivity index (χ4v) is 6.60. The Labute approximate surface area is 193 Å². The zero-order valence-electron chi connectivity index (χ0n) is 18.1. The third-order valence-corrected chi connectivity index (χ3v) is 8.86. The van der Waals surface area contributed by atoms with Crippen LogP contribution in [-0.2, 0) is 19.5 Å². The van der Waals surface area contributed by atoms with Gasteiger partial charge in [0.25, 0.3) is 5.91 Å². The maximum Gasteiger partial charge on any atom is 0.256 e. The van der Waals surface area contributed by atoms with Crippen LogP contribution in [0.2, 0.25) is 0 Å². The number of ether oxygens (including phenoxy) is 2. The first-order valence-corrected chi connectivity index (χ1v) is 13.2. The Morgan fingerprint density at radius 3 is 2.69 bits per heavy atom. The molecule has 0 unspecified atom stereocenters. The lowest BCUT2D eigenvalue weighted by molar-refractivity contribution is 0.0730. The molecule has 2 fully saturated rings. The minimum Gasteiger partial charge on any atom is -0.379 e. The van der Waals surface area contributed by atoms with E-state index >= 15 is 0 Å². The number of thioether (sulfide) groups is 1. The highest BCUT2D eigenvalue weighted by molar-refractivity contribution is 7.99. The van der Waals surface area contributed by atoms with E-state index < -0.39 is 10.0 Å². The van der Waals surface area contributed by atoms with E-state index in [0.717, 1.165) is 30.1 Å². The molecule has 1 atom stereocenters. The summed E-state index contributed by atoms with van der Waals surface area (Å²) in [7, 11) is -3.66. The number of anilines is 1. The standard InChI is InChI=1S/C23H28N2O5S2/c1-17-8-9-18(15-22(17)32(27,28)25-10-13-29-14-11-25)24-23(26)20-6-2-3-7-21(20)31-16-19-5-4-12-30-19/h2-3,6-9,15,19H,4-5,10-14,16H2,1H3,(H,24,26)/t19-/m0/s1. The Morgan fingerprint density at radius 1 is 1.16 bits per heavy atom. The first kappa shape index (κ1) is 23.3. The van der Waals surface area contributed by atoms with Crippen molar-refractivity contribution in [3.63, 3.8) is 0 Å². The van der Waals surface area contributed by atoms with Gasteiger partial charge in [-0.15, -0.1) is 11.8 Å². The predicted octanol–water partition coefficient (Wildman–Crippen LogP) is 3.54. The third kappa shape index (κ3) is 5.35. The summed E-state index contributed by atoms with van der Waals surface area (Å²) in [5.74, 6) is 0.538. The van der Waals surface area contributed by atoms with Gasteiger partial charge in [0.15, 0.2) is 0 Å². The smallest absolute Gasteiger partial charge is 0.256 e. The Hall–Kier alpha value is -1.91. The van der Waals surface area contributed by atoms with E-state index in [2.05, 4.69) is 5.32 Å². The molecule has 1 N–H and O–H groups in total.